The number of hydrogen-bond donors (Lipinski definition) is 4. The van der Waals surface area contributed by atoms with Crippen molar-refractivity contribution < 1.29 is 0 Å². The van der Waals surface area contributed by atoms with E-state index >= 15 is 0 Å². The van der Waals surface area contributed by atoms with E-state index in [2.05, 4.69) is 20.2 Å². The van der Waals surface area contributed by atoms with E-state index in [9.17, 15) is 4.79 Å². The molecule has 0 radical (unpaired) electrons. The number of nitrogens with one attached hydrogen (secondary N) is 3. The number of aromatic amines is 3. The third-order valence-corrected chi connectivity index (χ3v) is 2.68. The van der Waals surface area contributed by atoms with Crippen LogP contribution in [0.2, 0.25) is 0 Å². The highest BCUT2D eigenvalue weighted by molar-refractivity contribution is 5.70. The van der Waals surface area contributed by atoms with Gasteiger partial charge in [-0.05, 0) is 6.07 Å². The minimum absolute atomic E-state index is 0.221. The predicted molar refractivity (Wildman–Crippen MR) is 68.8 cm³/mol. The van der Waals surface area contributed by atoms with E-state index < -0.39 is 0 Å². The van der Waals surface area contributed by atoms with E-state index in [0.29, 0.717) is 5.82 Å². The van der Waals surface area contributed by atoms with Gasteiger partial charge in [0.1, 0.15) is 5.82 Å². The Labute approximate surface area is 102 Å². The number of H-pyrrole nitrogens is 3. The van der Waals surface area contributed by atoms with Crippen molar-refractivity contribution in [2.45, 2.75) is 0 Å². The second kappa shape index (κ2) is 3.92. The van der Waals surface area contributed by atoms with Gasteiger partial charge in [0.25, 0.3) is 0 Å². The highest BCUT2D eigenvalue weighted by atomic mass is 16.1. The Balaban J connectivity index is 2.06. The molecule has 0 saturated carbocycles. The van der Waals surface area contributed by atoms with Gasteiger partial charge in [0.2, 0.25) is 0 Å². The summed E-state index contributed by atoms with van der Waals surface area (Å²) < 4.78 is 0. The molecule has 0 saturated heterocycles. The molecule has 1 aromatic carbocycles. The number of nitrogens with two attached hydrogens (primary N) is 1. The molecule has 0 aliphatic carbocycles. The van der Waals surface area contributed by atoms with E-state index in [1.165, 1.54) is 0 Å². The molecule has 0 spiro atoms. The smallest absolute Gasteiger partial charge is 0.323 e. The van der Waals surface area contributed by atoms with Crippen LogP contribution < -0.4 is 11.4 Å². The fourth-order valence-corrected chi connectivity index (χ4v) is 1.83. The molecule has 6 heteroatoms. The highest BCUT2D eigenvalue weighted by Gasteiger charge is 2.05. The first kappa shape index (κ1) is 10.4. The van der Waals surface area contributed by atoms with Gasteiger partial charge >= 0.3 is 5.69 Å². The maximum Gasteiger partial charge on any atom is 0.323 e. The van der Waals surface area contributed by atoms with Crippen molar-refractivity contribution in [1.82, 2.24) is 20.2 Å². The third-order valence-electron chi connectivity index (χ3n) is 2.68. The van der Waals surface area contributed by atoms with Gasteiger partial charge in [-0.1, -0.05) is 18.2 Å². The Morgan fingerprint density at radius 2 is 1.89 bits per heavy atom. The predicted octanol–water partition coefficient (Wildman–Crippen LogP) is 1.34. The van der Waals surface area contributed by atoms with Crippen molar-refractivity contribution >= 4 is 5.82 Å². The van der Waals surface area contributed by atoms with Crippen LogP contribution in [0.15, 0.2) is 41.3 Å². The van der Waals surface area contributed by atoms with Crippen LogP contribution in [0.3, 0.4) is 0 Å². The summed E-state index contributed by atoms with van der Waals surface area (Å²) in [6.45, 7) is 0. The van der Waals surface area contributed by atoms with E-state index in [0.717, 1.165) is 22.5 Å². The van der Waals surface area contributed by atoms with Crippen molar-refractivity contribution in [2.24, 2.45) is 0 Å². The minimum atomic E-state index is -0.221. The number of nitrogens with zero attached hydrogens (tertiary/aromatic N) is 1. The largest absolute Gasteiger partial charge is 0.382 e. The molecule has 5 N–H and O–H groups in total. The Morgan fingerprint density at radius 3 is 2.50 bits per heavy atom. The van der Waals surface area contributed by atoms with E-state index in [1.807, 2.05) is 24.3 Å². The van der Waals surface area contributed by atoms with Gasteiger partial charge in [0.15, 0.2) is 0 Å². The fourth-order valence-electron chi connectivity index (χ4n) is 1.83. The first-order valence-electron chi connectivity index (χ1n) is 5.42. The van der Waals surface area contributed by atoms with Crippen molar-refractivity contribution in [1.29, 1.82) is 0 Å². The standard InChI is InChI=1S/C12H11N5O/c13-11-5-9(16-17-11)7-2-1-3-8(4-7)10-6-14-12(18)15-10/h1-6H,(H3,13,16,17)(H2,14,15,18). The SMILES string of the molecule is Nc1cc(-c2cccc(-c3c[nH]c(=O)[nH]3)c2)[nH]n1. The van der Waals surface area contributed by atoms with Crippen LogP contribution in [-0.4, -0.2) is 20.2 Å². The Bertz CT molecular complexity index is 737. The fraction of sp³-hybridized carbons (Fsp3) is 0. The summed E-state index contributed by atoms with van der Waals surface area (Å²) >= 11 is 0. The van der Waals surface area contributed by atoms with Crippen molar-refractivity contribution in [3.63, 3.8) is 0 Å². The molecule has 6 nitrogen and oxygen atoms in total. The zero-order valence-corrected chi connectivity index (χ0v) is 9.40. The first-order valence-corrected chi connectivity index (χ1v) is 5.42. The molecule has 2 aromatic heterocycles. The summed E-state index contributed by atoms with van der Waals surface area (Å²) in [6.07, 6.45) is 1.64. The molecule has 0 fully saturated rings. The second-order valence-corrected chi connectivity index (χ2v) is 3.94. The Hall–Kier alpha value is -2.76. The van der Waals surface area contributed by atoms with Gasteiger partial charge in [-0.15, -0.1) is 0 Å². The van der Waals surface area contributed by atoms with Crippen LogP contribution in [0.4, 0.5) is 5.82 Å². The highest BCUT2D eigenvalue weighted by Crippen LogP contribution is 2.24. The average molecular weight is 241 g/mol. The Morgan fingerprint density at radius 1 is 1.11 bits per heavy atom. The average Bonchev–Trinajstić information content (AvgIpc) is 2.98. The zero-order chi connectivity index (χ0) is 12.5. The van der Waals surface area contributed by atoms with Gasteiger partial charge in [-0.3, -0.25) is 5.10 Å². The summed E-state index contributed by atoms with van der Waals surface area (Å²) in [7, 11) is 0. The van der Waals surface area contributed by atoms with Crippen molar-refractivity contribution in [3.05, 3.63) is 47.0 Å². The number of anilines is 1. The van der Waals surface area contributed by atoms with Gasteiger partial charge in [-0.2, -0.15) is 5.10 Å². The zero-order valence-electron chi connectivity index (χ0n) is 9.40. The molecule has 3 aromatic rings. The molecule has 0 atom stereocenters. The lowest BCUT2D eigenvalue weighted by molar-refractivity contribution is 1.10. The summed E-state index contributed by atoms with van der Waals surface area (Å²) in [5.74, 6) is 0.449. The number of hydrogen-bond acceptors (Lipinski definition) is 3. The van der Waals surface area contributed by atoms with Crippen LogP contribution in [0.5, 0.6) is 0 Å². The number of rotatable bonds is 2. The lowest BCUT2D eigenvalue weighted by Gasteiger charge is -2.01. The lowest BCUT2D eigenvalue weighted by Crippen LogP contribution is -1.99. The van der Waals surface area contributed by atoms with Gasteiger partial charge in [-0.25, -0.2) is 4.79 Å². The maximum atomic E-state index is 11.1. The number of imidazole rings is 1. The van der Waals surface area contributed by atoms with Crippen LogP contribution in [0, 0.1) is 0 Å². The van der Waals surface area contributed by atoms with E-state index in [1.54, 1.807) is 12.3 Å². The lowest BCUT2D eigenvalue weighted by atomic mass is 10.1. The number of aromatic nitrogens is 4. The first-order chi connectivity index (χ1) is 8.72. The molecule has 18 heavy (non-hydrogen) atoms. The molecular formula is C12H11N5O. The summed E-state index contributed by atoms with van der Waals surface area (Å²) in [4.78, 5) is 16.4. The van der Waals surface area contributed by atoms with Crippen molar-refractivity contribution in [2.75, 3.05) is 5.73 Å². The topological polar surface area (TPSA) is 103 Å². The quantitative estimate of drug-likeness (QED) is 0.544. The molecular weight excluding hydrogens is 230 g/mol. The second-order valence-electron chi connectivity index (χ2n) is 3.94. The third kappa shape index (κ3) is 1.80. The maximum absolute atomic E-state index is 11.1. The minimum Gasteiger partial charge on any atom is -0.382 e. The van der Waals surface area contributed by atoms with Gasteiger partial charge in [0, 0.05) is 23.4 Å². The van der Waals surface area contributed by atoms with Crippen LogP contribution >= 0.6 is 0 Å². The molecule has 90 valence electrons. The number of benzene rings is 1. The summed E-state index contributed by atoms with van der Waals surface area (Å²) in [5, 5.41) is 6.74. The monoisotopic (exact) mass is 241 g/mol. The van der Waals surface area contributed by atoms with Crippen LogP contribution in [0.25, 0.3) is 22.5 Å². The number of nitrogen functional groups attached to an aromatic ring is 1. The molecule has 3 rings (SSSR count). The summed E-state index contributed by atoms with van der Waals surface area (Å²) in [6, 6.07) is 9.49. The molecule has 2 heterocycles. The van der Waals surface area contributed by atoms with Crippen LogP contribution in [-0.2, 0) is 0 Å². The normalized spacial score (nSPS) is 10.7. The Kier molecular flexibility index (Phi) is 2.26. The van der Waals surface area contributed by atoms with Gasteiger partial charge in [0.05, 0.1) is 11.4 Å². The van der Waals surface area contributed by atoms with Crippen LogP contribution in [0.1, 0.15) is 0 Å². The molecule has 0 bridgehead atoms. The van der Waals surface area contributed by atoms with Crippen molar-refractivity contribution in [3.8, 4) is 22.5 Å². The molecule has 0 aliphatic rings. The van der Waals surface area contributed by atoms with E-state index in [-0.39, 0.29) is 5.69 Å². The molecule has 0 amide bonds. The molecule has 0 unspecified atom stereocenters. The summed E-state index contributed by atoms with van der Waals surface area (Å²) in [5.41, 5.74) is 8.81. The molecule has 0 aliphatic heterocycles. The van der Waals surface area contributed by atoms with E-state index in [4.69, 9.17) is 5.73 Å². The van der Waals surface area contributed by atoms with Gasteiger partial charge < -0.3 is 15.7 Å².